The second kappa shape index (κ2) is 12.4. The molecule has 3 aromatic carbocycles. The van der Waals surface area contributed by atoms with Gasteiger partial charge in [-0.05, 0) is 71.3 Å². The summed E-state index contributed by atoms with van der Waals surface area (Å²) in [5, 5.41) is 28.1. The Morgan fingerprint density at radius 2 is 1.16 bits per heavy atom. The molecule has 0 aromatic heterocycles. The van der Waals surface area contributed by atoms with Crippen molar-refractivity contribution < 1.29 is 43.9 Å². The largest absolute Gasteiger partial charge is 0.508 e. The molecule has 3 rings (SSSR count). The summed E-state index contributed by atoms with van der Waals surface area (Å²) >= 11 is 0. The number of carbonyl (C=O) groups is 3. The van der Waals surface area contributed by atoms with Gasteiger partial charge in [-0.2, -0.15) is 0 Å². The van der Waals surface area contributed by atoms with Crippen molar-refractivity contribution in [2.75, 3.05) is 7.11 Å². The Balaban J connectivity index is 1.65. The number of rotatable bonds is 9. The minimum absolute atomic E-state index is 0.0980. The number of esters is 2. The average molecular weight is 502 g/mol. The molecule has 188 valence electrons. The Hall–Kier alpha value is -5.31. The lowest BCUT2D eigenvalue weighted by atomic mass is 10.2. The fourth-order valence-corrected chi connectivity index (χ4v) is 2.95. The Bertz CT molecular complexity index is 1380. The second-order valence-corrected chi connectivity index (χ2v) is 7.41. The van der Waals surface area contributed by atoms with Gasteiger partial charge >= 0.3 is 17.9 Å². The van der Waals surface area contributed by atoms with Crippen molar-refractivity contribution in [1.82, 2.24) is 0 Å². The second-order valence-electron chi connectivity index (χ2n) is 7.41. The van der Waals surface area contributed by atoms with Crippen molar-refractivity contribution in [2.45, 2.75) is 0 Å². The minimum atomic E-state index is -1.10. The third-order valence-electron chi connectivity index (χ3n) is 4.73. The number of hydrogen-bond acceptors (Lipinski definition) is 8. The molecule has 0 atom stereocenters. The van der Waals surface area contributed by atoms with Crippen LogP contribution in [0.25, 0.3) is 18.2 Å². The van der Waals surface area contributed by atoms with Crippen LogP contribution in [0.1, 0.15) is 16.7 Å². The number of ether oxygens (including phenoxy) is 3. The van der Waals surface area contributed by atoms with E-state index in [2.05, 4.69) is 0 Å². The van der Waals surface area contributed by atoms with E-state index >= 15 is 0 Å². The van der Waals surface area contributed by atoms with Crippen LogP contribution < -0.4 is 14.2 Å². The van der Waals surface area contributed by atoms with Crippen LogP contribution in [0, 0.1) is 0 Å². The molecule has 9 heteroatoms. The molecule has 0 aliphatic rings. The molecule has 0 fully saturated rings. The van der Waals surface area contributed by atoms with E-state index in [1.54, 1.807) is 18.2 Å². The summed E-state index contributed by atoms with van der Waals surface area (Å²) < 4.78 is 15.7. The zero-order valence-electron chi connectivity index (χ0n) is 19.5. The van der Waals surface area contributed by atoms with Gasteiger partial charge in [-0.15, -0.1) is 0 Å². The smallest absolute Gasteiger partial charge is 0.336 e. The van der Waals surface area contributed by atoms with Crippen LogP contribution in [0.3, 0.4) is 0 Å². The number of carbonyl (C=O) groups excluding carboxylic acids is 2. The van der Waals surface area contributed by atoms with Crippen LogP contribution >= 0.6 is 0 Å². The number of phenols is 2. The van der Waals surface area contributed by atoms with Crippen molar-refractivity contribution >= 4 is 36.1 Å². The molecule has 0 saturated carbocycles. The van der Waals surface area contributed by atoms with E-state index in [9.17, 15) is 24.6 Å². The number of carboxylic acids is 1. The Kier molecular flexibility index (Phi) is 8.82. The van der Waals surface area contributed by atoms with Crippen LogP contribution in [-0.4, -0.2) is 40.3 Å². The fourth-order valence-electron chi connectivity index (χ4n) is 2.95. The Labute approximate surface area is 211 Å². The normalized spacial score (nSPS) is 11.2. The van der Waals surface area contributed by atoms with Gasteiger partial charge in [0.05, 0.1) is 7.11 Å². The molecule has 37 heavy (non-hydrogen) atoms. The van der Waals surface area contributed by atoms with Crippen molar-refractivity contribution in [3.63, 3.8) is 0 Å². The van der Waals surface area contributed by atoms with Crippen molar-refractivity contribution in [1.29, 1.82) is 0 Å². The van der Waals surface area contributed by atoms with Gasteiger partial charge in [0.2, 0.25) is 0 Å². The lowest BCUT2D eigenvalue weighted by Crippen LogP contribution is -2.05. The van der Waals surface area contributed by atoms with Gasteiger partial charge in [-0.3, -0.25) is 0 Å². The molecule has 0 unspecified atom stereocenters. The molecule has 3 N–H and O–H groups in total. The average Bonchev–Trinajstić information content (AvgIpc) is 2.88. The van der Waals surface area contributed by atoms with Crippen LogP contribution in [0.5, 0.6) is 28.7 Å². The third-order valence-corrected chi connectivity index (χ3v) is 4.73. The number of carboxylic acid groups (broad SMARTS) is 1. The molecule has 0 aliphatic heterocycles. The number of hydrogen-bond donors (Lipinski definition) is 3. The molecular formula is C28H22O9. The predicted molar refractivity (Wildman–Crippen MR) is 135 cm³/mol. The molecular weight excluding hydrogens is 480 g/mol. The monoisotopic (exact) mass is 502 g/mol. The van der Waals surface area contributed by atoms with Gasteiger partial charge in [0.15, 0.2) is 23.0 Å². The highest BCUT2D eigenvalue weighted by molar-refractivity contribution is 5.90. The zero-order chi connectivity index (χ0) is 26.8. The van der Waals surface area contributed by atoms with E-state index in [4.69, 9.17) is 19.3 Å². The maximum Gasteiger partial charge on any atom is 0.336 e. The van der Waals surface area contributed by atoms with E-state index in [1.165, 1.54) is 73.9 Å². The molecule has 9 nitrogen and oxygen atoms in total. The summed E-state index contributed by atoms with van der Waals surface area (Å²) in [7, 11) is 1.38. The standard InChI is InChI=1S/C28H22O9/c1-35-25-17-20(6-13-26(31)32)5-12-23(25)36-27(33)15-8-19-4-11-22(30)24(16-19)37-28(34)14-7-18-2-9-21(29)10-3-18/h2-17,29-30H,1H3,(H,31,32). The van der Waals surface area contributed by atoms with Gasteiger partial charge in [0.1, 0.15) is 5.75 Å². The lowest BCUT2D eigenvalue weighted by molar-refractivity contribution is -0.131. The maximum atomic E-state index is 12.3. The topological polar surface area (TPSA) is 140 Å². The van der Waals surface area contributed by atoms with Gasteiger partial charge < -0.3 is 29.5 Å². The summed E-state index contributed by atoms with van der Waals surface area (Å²) in [5.74, 6) is -2.49. The van der Waals surface area contributed by atoms with Gasteiger partial charge in [0.25, 0.3) is 0 Å². The highest BCUT2D eigenvalue weighted by atomic mass is 16.6. The van der Waals surface area contributed by atoms with E-state index in [1.807, 2.05) is 0 Å². The van der Waals surface area contributed by atoms with E-state index in [0.29, 0.717) is 16.7 Å². The SMILES string of the molecule is COc1cc(C=CC(=O)O)ccc1OC(=O)C=Cc1ccc(O)c(OC(=O)C=Cc2ccc(O)cc2)c1. The lowest BCUT2D eigenvalue weighted by Gasteiger charge is -2.09. The first-order chi connectivity index (χ1) is 17.7. The third kappa shape index (κ3) is 8.15. The molecule has 3 aromatic rings. The highest BCUT2D eigenvalue weighted by Gasteiger charge is 2.10. The van der Waals surface area contributed by atoms with Crippen LogP contribution in [0.4, 0.5) is 0 Å². The van der Waals surface area contributed by atoms with E-state index in [0.717, 1.165) is 12.2 Å². The minimum Gasteiger partial charge on any atom is -0.508 e. The molecule has 0 heterocycles. The van der Waals surface area contributed by atoms with Crippen molar-refractivity contribution in [3.05, 3.63) is 95.6 Å². The predicted octanol–water partition coefficient (Wildman–Crippen LogP) is 4.44. The molecule has 0 spiro atoms. The number of phenolic OH excluding ortho intramolecular Hbond substituents is 2. The van der Waals surface area contributed by atoms with Gasteiger partial charge in [-0.25, -0.2) is 14.4 Å². The van der Waals surface area contributed by atoms with Gasteiger partial charge in [-0.1, -0.05) is 24.3 Å². The number of methoxy groups -OCH3 is 1. The van der Waals surface area contributed by atoms with Crippen LogP contribution in [0.15, 0.2) is 78.9 Å². The summed E-state index contributed by atoms with van der Waals surface area (Å²) in [6.45, 7) is 0. The molecule has 0 saturated heterocycles. The first-order valence-corrected chi connectivity index (χ1v) is 10.7. The molecule has 0 aliphatic carbocycles. The Morgan fingerprint density at radius 1 is 0.649 bits per heavy atom. The first-order valence-electron chi connectivity index (χ1n) is 10.7. The van der Waals surface area contributed by atoms with Gasteiger partial charge in [0, 0.05) is 18.2 Å². The summed E-state index contributed by atoms with van der Waals surface area (Å²) in [5.41, 5.74) is 1.65. The van der Waals surface area contributed by atoms with E-state index in [-0.39, 0.29) is 28.7 Å². The number of benzene rings is 3. The fraction of sp³-hybridized carbons (Fsp3) is 0.0357. The number of aliphatic carboxylic acids is 1. The summed E-state index contributed by atoms with van der Waals surface area (Å²) in [6, 6.07) is 14.9. The molecule has 0 bridgehead atoms. The van der Waals surface area contributed by atoms with E-state index < -0.39 is 17.9 Å². The molecule has 0 radical (unpaired) electrons. The molecule has 0 amide bonds. The number of aromatic hydroxyl groups is 2. The quantitative estimate of drug-likeness (QED) is 0.220. The zero-order valence-corrected chi connectivity index (χ0v) is 19.5. The van der Waals surface area contributed by atoms with Crippen molar-refractivity contribution in [3.8, 4) is 28.7 Å². The van der Waals surface area contributed by atoms with Crippen LogP contribution in [0.2, 0.25) is 0 Å². The summed E-state index contributed by atoms with van der Waals surface area (Å²) in [6.07, 6.45) is 7.54. The summed E-state index contributed by atoms with van der Waals surface area (Å²) in [4.78, 5) is 35.1. The Morgan fingerprint density at radius 3 is 1.78 bits per heavy atom. The van der Waals surface area contributed by atoms with Crippen LogP contribution in [-0.2, 0) is 14.4 Å². The van der Waals surface area contributed by atoms with Crippen molar-refractivity contribution in [2.24, 2.45) is 0 Å². The highest BCUT2D eigenvalue weighted by Crippen LogP contribution is 2.30. The maximum absolute atomic E-state index is 12.3. The first kappa shape index (κ1) is 26.3.